The number of nitrogens with zero attached hydrogens (tertiary/aromatic N) is 1. The Hall–Kier alpha value is -2.54. The molecule has 0 radical (unpaired) electrons. The molecule has 0 aliphatic rings. The zero-order chi connectivity index (χ0) is 21.5. The molecular formula is C22H17BrCl2N2O3. The van der Waals surface area contributed by atoms with Gasteiger partial charge in [-0.25, -0.2) is 5.43 Å². The average Bonchev–Trinajstić information content (AvgIpc) is 2.73. The van der Waals surface area contributed by atoms with Gasteiger partial charge in [0.1, 0.15) is 6.61 Å². The van der Waals surface area contributed by atoms with Crippen LogP contribution in [-0.4, -0.2) is 19.2 Å². The number of methoxy groups -OCH3 is 1. The van der Waals surface area contributed by atoms with Crippen LogP contribution in [0.15, 0.2) is 70.2 Å². The van der Waals surface area contributed by atoms with E-state index in [0.717, 1.165) is 5.56 Å². The quantitative estimate of drug-likeness (QED) is 0.310. The SMILES string of the molecule is COc1cc(/C=N\NC(=O)c2cccc(Cl)c2)cc(Br)c1OCc1ccccc1Cl. The smallest absolute Gasteiger partial charge is 0.271 e. The van der Waals surface area contributed by atoms with E-state index < -0.39 is 0 Å². The Labute approximate surface area is 192 Å². The van der Waals surface area contributed by atoms with Crippen LogP contribution in [-0.2, 0) is 6.61 Å². The van der Waals surface area contributed by atoms with E-state index in [-0.39, 0.29) is 12.5 Å². The molecule has 30 heavy (non-hydrogen) atoms. The number of halogens is 3. The molecule has 0 saturated heterocycles. The lowest BCUT2D eigenvalue weighted by molar-refractivity contribution is 0.0955. The minimum Gasteiger partial charge on any atom is -0.493 e. The molecule has 0 aliphatic heterocycles. The fourth-order valence-electron chi connectivity index (χ4n) is 2.58. The Balaban J connectivity index is 1.71. The van der Waals surface area contributed by atoms with Gasteiger partial charge in [-0.05, 0) is 57.9 Å². The average molecular weight is 508 g/mol. The maximum absolute atomic E-state index is 12.1. The summed E-state index contributed by atoms with van der Waals surface area (Å²) in [5, 5.41) is 5.11. The number of benzene rings is 3. The fraction of sp³-hybridized carbons (Fsp3) is 0.0909. The fourth-order valence-corrected chi connectivity index (χ4v) is 3.53. The second-order valence-corrected chi connectivity index (χ2v) is 7.82. The molecule has 5 nitrogen and oxygen atoms in total. The molecule has 3 rings (SSSR count). The predicted molar refractivity (Wildman–Crippen MR) is 123 cm³/mol. The van der Waals surface area contributed by atoms with E-state index in [1.54, 1.807) is 43.5 Å². The zero-order valence-electron chi connectivity index (χ0n) is 15.9. The standard InChI is InChI=1S/C22H17BrCl2N2O3/c1-29-20-10-14(12-26-27-22(28)15-6-4-7-17(24)11-15)9-18(23)21(20)30-13-16-5-2-3-8-19(16)25/h2-12H,13H2,1H3,(H,27,28)/b26-12-. The second-order valence-electron chi connectivity index (χ2n) is 6.12. The molecule has 0 atom stereocenters. The maximum atomic E-state index is 12.1. The molecule has 0 heterocycles. The van der Waals surface area contributed by atoms with Crippen molar-refractivity contribution in [3.05, 3.63) is 91.9 Å². The first-order chi connectivity index (χ1) is 14.5. The Kier molecular flexibility index (Phi) is 7.74. The summed E-state index contributed by atoms with van der Waals surface area (Å²) >= 11 is 15.6. The van der Waals surface area contributed by atoms with Crippen LogP contribution in [0.25, 0.3) is 0 Å². The van der Waals surface area contributed by atoms with Crippen molar-refractivity contribution in [1.29, 1.82) is 0 Å². The molecule has 1 N–H and O–H groups in total. The van der Waals surface area contributed by atoms with Crippen molar-refractivity contribution < 1.29 is 14.3 Å². The van der Waals surface area contributed by atoms with Gasteiger partial charge in [0.2, 0.25) is 0 Å². The van der Waals surface area contributed by atoms with E-state index in [4.69, 9.17) is 32.7 Å². The van der Waals surface area contributed by atoms with E-state index in [0.29, 0.717) is 37.1 Å². The van der Waals surface area contributed by atoms with Gasteiger partial charge in [0.05, 0.1) is 17.8 Å². The monoisotopic (exact) mass is 506 g/mol. The third kappa shape index (κ3) is 5.75. The molecular weight excluding hydrogens is 491 g/mol. The van der Waals surface area contributed by atoms with Crippen LogP contribution in [0.4, 0.5) is 0 Å². The van der Waals surface area contributed by atoms with Crippen molar-refractivity contribution in [2.45, 2.75) is 6.61 Å². The summed E-state index contributed by atoms with van der Waals surface area (Å²) < 4.78 is 12.0. The maximum Gasteiger partial charge on any atom is 0.271 e. The van der Waals surface area contributed by atoms with Gasteiger partial charge in [-0.3, -0.25) is 4.79 Å². The second kappa shape index (κ2) is 10.5. The van der Waals surface area contributed by atoms with Crippen LogP contribution in [0.1, 0.15) is 21.5 Å². The summed E-state index contributed by atoms with van der Waals surface area (Å²) in [6.07, 6.45) is 1.51. The largest absolute Gasteiger partial charge is 0.493 e. The lowest BCUT2D eigenvalue weighted by Crippen LogP contribution is -2.17. The number of nitrogens with one attached hydrogen (secondary N) is 1. The summed E-state index contributed by atoms with van der Waals surface area (Å²) in [4.78, 5) is 12.1. The Morgan fingerprint density at radius 3 is 2.67 bits per heavy atom. The van der Waals surface area contributed by atoms with Crippen molar-refractivity contribution in [2.75, 3.05) is 7.11 Å². The summed E-state index contributed by atoms with van der Waals surface area (Å²) in [5.74, 6) is 0.691. The Bertz CT molecular complexity index is 1090. The van der Waals surface area contributed by atoms with Crippen LogP contribution in [0.3, 0.4) is 0 Å². The molecule has 8 heteroatoms. The van der Waals surface area contributed by atoms with Gasteiger partial charge in [0.15, 0.2) is 11.5 Å². The number of carbonyl (C=O) groups is 1. The number of hydrogen-bond acceptors (Lipinski definition) is 4. The molecule has 1 amide bonds. The molecule has 154 valence electrons. The zero-order valence-corrected chi connectivity index (χ0v) is 19.0. The highest BCUT2D eigenvalue weighted by Crippen LogP contribution is 2.37. The lowest BCUT2D eigenvalue weighted by Gasteiger charge is -2.14. The van der Waals surface area contributed by atoms with Gasteiger partial charge in [0.25, 0.3) is 5.91 Å². The Morgan fingerprint density at radius 1 is 1.13 bits per heavy atom. The van der Waals surface area contributed by atoms with Crippen molar-refractivity contribution in [2.24, 2.45) is 5.10 Å². The first-order valence-electron chi connectivity index (χ1n) is 8.80. The predicted octanol–water partition coefficient (Wildman–Crippen LogP) is 6.11. The minimum atomic E-state index is -0.362. The molecule has 0 unspecified atom stereocenters. The van der Waals surface area contributed by atoms with E-state index in [9.17, 15) is 4.79 Å². The van der Waals surface area contributed by atoms with Gasteiger partial charge in [-0.1, -0.05) is 47.5 Å². The van der Waals surface area contributed by atoms with Crippen LogP contribution in [0.2, 0.25) is 10.0 Å². The summed E-state index contributed by atoms with van der Waals surface area (Å²) in [5.41, 5.74) is 4.45. The number of amides is 1. The highest BCUT2D eigenvalue weighted by Gasteiger charge is 2.12. The number of carbonyl (C=O) groups excluding carboxylic acids is 1. The number of rotatable bonds is 7. The summed E-state index contributed by atoms with van der Waals surface area (Å²) in [6, 6.07) is 17.6. The highest BCUT2D eigenvalue weighted by atomic mass is 79.9. The van der Waals surface area contributed by atoms with Gasteiger partial charge in [0, 0.05) is 21.2 Å². The van der Waals surface area contributed by atoms with Gasteiger partial charge >= 0.3 is 0 Å². The first kappa shape index (κ1) is 22.2. The molecule has 0 aromatic heterocycles. The number of hydrogen-bond donors (Lipinski definition) is 1. The van der Waals surface area contributed by atoms with Gasteiger partial charge in [-0.15, -0.1) is 0 Å². The van der Waals surface area contributed by atoms with Crippen molar-refractivity contribution >= 4 is 51.3 Å². The van der Waals surface area contributed by atoms with Gasteiger partial charge in [-0.2, -0.15) is 5.10 Å². The molecule has 0 bridgehead atoms. The minimum absolute atomic E-state index is 0.289. The first-order valence-corrected chi connectivity index (χ1v) is 10.4. The molecule has 3 aromatic rings. The van der Waals surface area contributed by atoms with Crippen LogP contribution >= 0.6 is 39.1 Å². The molecule has 0 fully saturated rings. The number of ether oxygens (including phenoxy) is 2. The summed E-state index contributed by atoms with van der Waals surface area (Å²) in [7, 11) is 1.55. The normalized spacial score (nSPS) is 10.8. The van der Waals surface area contributed by atoms with Crippen molar-refractivity contribution in [3.8, 4) is 11.5 Å². The van der Waals surface area contributed by atoms with E-state index in [1.165, 1.54) is 6.21 Å². The van der Waals surface area contributed by atoms with Crippen molar-refractivity contribution in [1.82, 2.24) is 5.43 Å². The van der Waals surface area contributed by atoms with E-state index in [2.05, 4.69) is 26.5 Å². The Morgan fingerprint density at radius 2 is 1.93 bits per heavy atom. The van der Waals surface area contributed by atoms with Crippen LogP contribution in [0, 0.1) is 0 Å². The molecule has 3 aromatic carbocycles. The third-order valence-electron chi connectivity index (χ3n) is 4.05. The van der Waals surface area contributed by atoms with Crippen LogP contribution < -0.4 is 14.9 Å². The van der Waals surface area contributed by atoms with Crippen molar-refractivity contribution in [3.63, 3.8) is 0 Å². The topological polar surface area (TPSA) is 59.9 Å². The summed E-state index contributed by atoms with van der Waals surface area (Å²) in [6.45, 7) is 0.289. The van der Waals surface area contributed by atoms with E-state index in [1.807, 2.05) is 24.3 Å². The van der Waals surface area contributed by atoms with E-state index >= 15 is 0 Å². The highest BCUT2D eigenvalue weighted by molar-refractivity contribution is 9.10. The number of hydrazone groups is 1. The van der Waals surface area contributed by atoms with Crippen LogP contribution in [0.5, 0.6) is 11.5 Å². The lowest BCUT2D eigenvalue weighted by atomic mass is 10.2. The molecule has 0 aliphatic carbocycles. The third-order valence-corrected chi connectivity index (χ3v) is 5.24. The molecule has 0 spiro atoms. The van der Waals surface area contributed by atoms with Gasteiger partial charge < -0.3 is 9.47 Å². The molecule has 0 saturated carbocycles.